The fraction of sp³-hybridized carbons (Fsp3) is 0.400. The van der Waals surface area contributed by atoms with E-state index in [1.54, 1.807) is 12.1 Å². The van der Waals surface area contributed by atoms with E-state index in [9.17, 15) is 13.5 Å². The predicted octanol–water partition coefficient (Wildman–Crippen LogP) is 0.626. The Bertz CT molecular complexity index is 463. The number of aliphatic hydroxyl groups excluding tert-OH is 1. The van der Waals surface area contributed by atoms with E-state index in [-0.39, 0.29) is 23.1 Å². The van der Waals surface area contributed by atoms with Crippen LogP contribution in [0.15, 0.2) is 29.2 Å². The standard InChI is InChI=1S/C10H14ClNO4S/c1-16-7-8(13)6-12-17(14,15)10-5-3-2-4-9(10)11/h2-5,8,12-13H,6-7H2,1H3. The molecule has 0 saturated carbocycles. The first-order chi connectivity index (χ1) is 7.97. The van der Waals surface area contributed by atoms with Gasteiger partial charge >= 0.3 is 0 Å². The van der Waals surface area contributed by atoms with Crippen LogP contribution < -0.4 is 4.72 Å². The van der Waals surface area contributed by atoms with E-state index in [1.165, 1.54) is 19.2 Å². The lowest BCUT2D eigenvalue weighted by Crippen LogP contribution is -2.34. The molecule has 0 aliphatic carbocycles. The third-order valence-electron chi connectivity index (χ3n) is 1.99. The Kier molecular flexibility index (Phi) is 5.35. The Morgan fingerprint density at radius 3 is 2.71 bits per heavy atom. The minimum absolute atomic E-state index is 0.00807. The molecule has 0 amide bonds. The fourth-order valence-electron chi connectivity index (χ4n) is 1.20. The van der Waals surface area contributed by atoms with Gasteiger partial charge in [-0.15, -0.1) is 0 Å². The molecule has 1 aromatic rings. The van der Waals surface area contributed by atoms with Crippen LogP contribution in [0.2, 0.25) is 5.02 Å². The molecule has 0 saturated heterocycles. The summed E-state index contributed by atoms with van der Waals surface area (Å²) in [5.41, 5.74) is 0. The molecule has 96 valence electrons. The molecule has 0 aliphatic rings. The summed E-state index contributed by atoms with van der Waals surface area (Å²) in [5.74, 6) is 0. The van der Waals surface area contributed by atoms with Gasteiger partial charge in [-0.05, 0) is 12.1 Å². The third-order valence-corrected chi connectivity index (χ3v) is 3.92. The SMILES string of the molecule is COCC(O)CNS(=O)(=O)c1ccccc1Cl. The van der Waals surface area contributed by atoms with Crippen LogP contribution in [0, 0.1) is 0 Å². The monoisotopic (exact) mass is 279 g/mol. The number of rotatable bonds is 6. The van der Waals surface area contributed by atoms with Crippen molar-refractivity contribution in [3.8, 4) is 0 Å². The summed E-state index contributed by atoms with van der Waals surface area (Å²) in [4.78, 5) is -0.00807. The zero-order valence-corrected chi connectivity index (χ0v) is 10.8. The lowest BCUT2D eigenvalue weighted by Gasteiger charge is -2.11. The van der Waals surface area contributed by atoms with E-state index >= 15 is 0 Å². The zero-order valence-electron chi connectivity index (χ0n) is 9.26. The quantitative estimate of drug-likeness (QED) is 0.801. The van der Waals surface area contributed by atoms with E-state index in [0.717, 1.165) is 0 Å². The average molecular weight is 280 g/mol. The first-order valence-electron chi connectivity index (χ1n) is 4.88. The van der Waals surface area contributed by atoms with Crippen LogP contribution in [0.1, 0.15) is 0 Å². The number of ether oxygens (including phenoxy) is 1. The summed E-state index contributed by atoms with van der Waals surface area (Å²) in [5, 5.41) is 9.48. The number of hydrogen-bond acceptors (Lipinski definition) is 4. The number of benzene rings is 1. The second kappa shape index (κ2) is 6.32. The van der Waals surface area contributed by atoms with Crippen LogP contribution in [0.5, 0.6) is 0 Å². The first kappa shape index (κ1) is 14.4. The maximum Gasteiger partial charge on any atom is 0.242 e. The number of methoxy groups -OCH3 is 1. The van der Waals surface area contributed by atoms with Gasteiger partial charge in [-0.2, -0.15) is 0 Å². The molecular formula is C10H14ClNO4S. The van der Waals surface area contributed by atoms with Crippen LogP contribution >= 0.6 is 11.6 Å². The molecule has 17 heavy (non-hydrogen) atoms. The molecule has 1 unspecified atom stereocenters. The number of nitrogens with one attached hydrogen (secondary N) is 1. The second-order valence-electron chi connectivity index (χ2n) is 3.39. The topological polar surface area (TPSA) is 75.6 Å². The van der Waals surface area contributed by atoms with Crippen molar-refractivity contribution in [3.63, 3.8) is 0 Å². The van der Waals surface area contributed by atoms with Gasteiger partial charge in [-0.25, -0.2) is 13.1 Å². The van der Waals surface area contributed by atoms with Gasteiger partial charge in [0, 0.05) is 13.7 Å². The van der Waals surface area contributed by atoms with Gasteiger partial charge in [-0.1, -0.05) is 23.7 Å². The van der Waals surface area contributed by atoms with Crippen molar-refractivity contribution in [2.24, 2.45) is 0 Å². The Labute approximate surface area is 105 Å². The van der Waals surface area contributed by atoms with Crippen molar-refractivity contribution in [1.29, 1.82) is 0 Å². The molecule has 0 aliphatic heterocycles. The Morgan fingerprint density at radius 1 is 1.47 bits per heavy atom. The average Bonchev–Trinajstić information content (AvgIpc) is 2.27. The molecule has 2 N–H and O–H groups in total. The van der Waals surface area contributed by atoms with Crippen LogP contribution in [0.25, 0.3) is 0 Å². The van der Waals surface area contributed by atoms with Crippen molar-refractivity contribution < 1.29 is 18.3 Å². The molecule has 0 fully saturated rings. The first-order valence-corrected chi connectivity index (χ1v) is 6.74. The van der Waals surface area contributed by atoms with E-state index in [2.05, 4.69) is 9.46 Å². The summed E-state index contributed by atoms with van der Waals surface area (Å²) in [6.45, 7) is -0.0631. The summed E-state index contributed by atoms with van der Waals surface area (Å²) in [6.07, 6.45) is -0.891. The van der Waals surface area contributed by atoms with Gasteiger partial charge in [-0.3, -0.25) is 0 Å². The van der Waals surface area contributed by atoms with Gasteiger partial charge in [0.2, 0.25) is 10.0 Å². The van der Waals surface area contributed by atoms with Crippen molar-refractivity contribution in [2.45, 2.75) is 11.0 Å². The van der Waals surface area contributed by atoms with Gasteiger partial charge in [0.1, 0.15) is 4.90 Å². The van der Waals surface area contributed by atoms with E-state index < -0.39 is 16.1 Å². The smallest absolute Gasteiger partial charge is 0.242 e. The molecule has 1 aromatic carbocycles. The van der Waals surface area contributed by atoms with Crippen LogP contribution in [-0.2, 0) is 14.8 Å². The van der Waals surface area contributed by atoms with Crippen LogP contribution in [0.3, 0.4) is 0 Å². The summed E-state index contributed by atoms with van der Waals surface area (Å²) in [6, 6.07) is 6.10. The molecule has 0 heterocycles. The minimum Gasteiger partial charge on any atom is -0.389 e. The van der Waals surface area contributed by atoms with Crippen LogP contribution in [0.4, 0.5) is 0 Å². The van der Waals surface area contributed by atoms with Crippen molar-refractivity contribution in [3.05, 3.63) is 29.3 Å². The summed E-state index contributed by atoms with van der Waals surface area (Å²) >= 11 is 5.78. The zero-order chi connectivity index (χ0) is 12.9. The number of aliphatic hydroxyl groups is 1. The van der Waals surface area contributed by atoms with Crippen LogP contribution in [-0.4, -0.2) is 39.9 Å². The number of hydrogen-bond donors (Lipinski definition) is 2. The molecule has 0 bridgehead atoms. The Hall–Kier alpha value is -0.660. The highest BCUT2D eigenvalue weighted by Gasteiger charge is 2.18. The van der Waals surface area contributed by atoms with Crippen molar-refractivity contribution in [1.82, 2.24) is 4.72 Å². The fourth-order valence-corrected chi connectivity index (χ4v) is 2.79. The molecule has 1 rings (SSSR count). The van der Waals surface area contributed by atoms with E-state index in [1.807, 2.05) is 0 Å². The summed E-state index contributed by atoms with van der Waals surface area (Å²) in [7, 11) is -2.28. The van der Waals surface area contributed by atoms with E-state index in [4.69, 9.17) is 11.6 Å². The number of halogens is 1. The lowest BCUT2D eigenvalue weighted by molar-refractivity contribution is 0.0679. The predicted molar refractivity (Wildman–Crippen MR) is 64.5 cm³/mol. The van der Waals surface area contributed by atoms with Gasteiger partial charge in [0.25, 0.3) is 0 Å². The molecule has 7 heteroatoms. The maximum atomic E-state index is 11.8. The highest BCUT2D eigenvalue weighted by molar-refractivity contribution is 7.89. The number of sulfonamides is 1. The van der Waals surface area contributed by atoms with Crippen molar-refractivity contribution >= 4 is 21.6 Å². The molecule has 0 aromatic heterocycles. The third kappa shape index (κ3) is 4.25. The van der Waals surface area contributed by atoms with Gasteiger partial charge < -0.3 is 9.84 Å². The highest BCUT2D eigenvalue weighted by Crippen LogP contribution is 2.19. The largest absolute Gasteiger partial charge is 0.389 e. The molecular weight excluding hydrogens is 266 g/mol. The molecule has 1 atom stereocenters. The van der Waals surface area contributed by atoms with Crippen molar-refractivity contribution in [2.75, 3.05) is 20.3 Å². The second-order valence-corrected chi connectivity index (χ2v) is 5.53. The summed E-state index contributed by atoms with van der Waals surface area (Å²) < 4.78 is 30.6. The van der Waals surface area contributed by atoms with E-state index in [0.29, 0.717) is 0 Å². The Balaban J connectivity index is 2.73. The maximum absolute atomic E-state index is 11.8. The molecule has 0 radical (unpaired) electrons. The van der Waals surface area contributed by atoms with Gasteiger partial charge in [0.15, 0.2) is 0 Å². The normalized spacial score (nSPS) is 13.6. The Morgan fingerprint density at radius 2 is 2.12 bits per heavy atom. The van der Waals surface area contributed by atoms with Gasteiger partial charge in [0.05, 0.1) is 17.7 Å². The lowest BCUT2D eigenvalue weighted by atomic mass is 10.4. The minimum atomic E-state index is -3.70. The molecule has 0 spiro atoms. The highest BCUT2D eigenvalue weighted by atomic mass is 35.5. The molecule has 5 nitrogen and oxygen atoms in total.